The molecule has 0 aliphatic rings. The van der Waals surface area contributed by atoms with Crippen LogP contribution in [0.2, 0.25) is 0 Å². The third kappa shape index (κ3) is 5.67. The Bertz CT molecular complexity index is 260. The molecular weight excluding hydrogens is 212 g/mol. The minimum atomic E-state index is -0.923. The maximum absolute atomic E-state index is 11.5. The number of methoxy groups -OCH3 is 1. The van der Waals surface area contributed by atoms with Gasteiger partial charge in [0.05, 0.1) is 7.11 Å². The number of carbonyl (C=O) groups excluding carboxylic acids is 2. The van der Waals surface area contributed by atoms with E-state index in [0.29, 0.717) is 0 Å². The van der Waals surface area contributed by atoms with E-state index in [1.807, 2.05) is 0 Å². The molecule has 2 unspecified atom stereocenters. The van der Waals surface area contributed by atoms with Crippen molar-refractivity contribution in [2.45, 2.75) is 44.9 Å². The first-order valence-electron chi connectivity index (χ1n) is 4.99. The van der Waals surface area contributed by atoms with Crippen LogP contribution >= 0.6 is 0 Å². The number of ether oxygens (including phenoxy) is 2. The van der Waals surface area contributed by atoms with Gasteiger partial charge in [-0.3, -0.25) is 9.59 Å². The first kappa shape index (κ1) is 14.9. The minimum absolute atomic E-state index is 0.00157. The molecule has 0 aromatic heterocycles. The predicted molar refractivity (Wildman–Crippen MR) is 58.4 cm³/mol. The Labute approximate surface area is 95.3 Å². The van der Waals surface area contributed by atoms with Crippen LogP contribution in [-0.2, 0) is 19.1 Å². The molecule has 6 nitrogen and oxygen atoms in total. The summed E-state index contributed by atoms with van der Waals surface area (Å²) in [6.07, 6.45) is 0.00157. The van der Waals surface area contributed by atoms with Crippen molar-refractivity contribution in [3.05, 3.63) is 0 Å². The van der Waals surface area contributed by atoms with E-state index in [4.69, 9.17) is 16.2 Å². The zero-order valence-electron chi connectivity index (χ0n) is 10.1. The molecule has 4 N–H and O–H groups in total. The zero-order valence-corrected chi connectivity index (χ0v) is 10.1. The Balaban J connectivity index is 4.21. The highest BCUT2D eigenvalue weighted by Gasteiger charge is 2.26. The van der Waals surface area contributed by atoms with Gasteiger partial charge in [0.1, 0.15) is 17.7 Å². The molecule has 0 spiro atoms. The third-order valence-electron chi connectivity index (χ3n) is 1.72. The molecule has 0 saturated carbocycles. The summed E-state index contributed by atoms with van der Waals surface area (Å²) in [5.74, 6) is -1.18. The molecular formula is C10H20N2O4. The van der Waals surface area contributed by atoms with Crippen molar-refractivity contribution in [3.8, 4) is 0 Å². The maximum atomic E-state index is 11.5. The van der Waals surface area contributed by atoms with Crippen molar-refractivity contribution in [1.82, 2.24) is 0 Å². The predicted octanol–water partition coefficient (Wildman–Crippen LogP) is -0.454. The second-order valence-corrected chi connectivity index (χ2v) is 4.51. The lowest BCUT2D eigenvalue weighted by Crippen LogP contribution is -2.44. The molecule has 0 radical (unpaired) electrons. The average Bonchev–Trinajstić information content (AvgIpc) is 2.13. The van der Waals surface area contributed by atoms with Crippen molar-refractivity contribution in [1.29, 1.82) is 0 Å². The van der Waals surface area contributed by atoms with Crippen LogP contribution in [0.5, 0.6) is 0 Å². The number of hydrogen-bond donors (Lipinski definition) is 2. The number of esters is 2. The van der Waals surface area contributed by atoms with Gasteiger partial charge in [0, 0.05) is 0 Å². The van der Waals surface area contributed by atoms with Crippen LogP contribution in [0.4, 0.5) is 0 Å². The number of rotatable bonds is 4. The standard InChI is InChI=1S/C10H20N2O4/c1-10(2,3)16-9(14)7(12)5-6(11)8(13)15-4/h6-7H,5,11-12H2,1-4H3. The van der Waals surface area contributed by atoms with Crippen molar-refractivity contribution in [2.75, 3.05) is 7.11 Å². The lowest BCUT2D eigenvalue weighted by molar-refractivity contribution is -0.157. The van der Waals surface area contributed by atoms with Crippen molar-refractivity contribution >= 4 is 11.9 Å². The van der Waals surface area contributed by atoms with Gasteiger partial charge in [-0.15, -0.1) is 0 Å². The molecule has 0 aromatic carbocycles. The van der Waals surface area contributed by atoms with Gasteiger partial charge in [-0.1, -0.05) is 0 Å². The van der Waals surface area contributed by atoms with Crippen molar-refractivity contribution < 1.29 is 19.1 Å². The molecule has 6 heteroatoms. The van der Waals surface area contributed by atoms with Gasteiger partial charge in [-0.25, -0.2) is 0 Å². The topological polar surface area (TPSA) is 105 Å². The molecule has 0 aromatic rings. The second-order valence-electron chi connectivity index (χ2n) is 4.51. The summed E-state index contributed by atoms with van der Waals surface area (Å²) in [4.78, 5) is 22.5. The van der Waals surface area contributed by atoms with E-state index in [1.165, 1.54) is 7.11 Å². The van der Waals surface area contributed by atoms with E-state index < -0.39 is 29.6 Å². The Morgan fingerprint density at radius 2 is 1.56 bits per heavy atom. The Morgan fingerprint density at radius 3 is 1.94 bits per heavy atom. The van der Waals surface area contributed by atoms with Gasteiger partial charge < -0.3 is 20.9 Å². The van der Waals surface area contributed by atoms with Gasteiger partial charge in [0.25, 0.3) is 0 Å². The highest BCUT2D eigenvalue weighted by atomic mass is 16.6. The van der Waals surface area contributed by atoms with Crippen LogP contribution in [-0.4, -0.2) is 36.7 Å². The lowest BCUT2D eigenvalue weighted by Gasteiger charge is -2.22. The van der Waals surface area contributed by atoms with Crippen molar-refractivity contribution in [2.24, 2.45) is 11.5 Å². The van der Waals surface area contributed by atoms with E-state index >= 15 is 0 Å². The summed E-state index contributed by atoms with van der Waals surface area (Å²) in [5.41, 5.74) is 10.4. The number of nitrogens with two attached hydrogens (primary N) is 2. The average molecular weight is 232 g/mol. The van der Waals surface area contributed by atoms with Gasteiger partial charge in [0.15, 0.2) is 0 Å². The minimum Gasteiger partial charge on any atom is -0.468 e. The Hall–Kier alpha value is -1.14. The maximum Gasteiger partial charge on any atom is 0.323 e. The first-order chi connectivity index (χ1) is 7.17. The molecule has 0 rings (SSSR count). The molecule has 0 aliphatic heterocycles. The Kier molecular flexibility index (Phi) is 5.40. The van der Waals surface area contributed by atoms with E-state index in [2.05, 4.69) is 4.74 Å². The quantitative estimate of drug-likeness (QED) is 0.636. The van der Waals surface area contributed by atoms with Crippen LogP contribution in [0.3, 0.4) is 0 Å². The molecule has 0 saturated heterocycles. The summed E-state index contributed by atoms with van der Waals surface area (Å²) in [6.45, 7) is 5.20. The molecule has 0 amide bonds. The van der Waals surface area contributed by atoms with Crippen LogP contribution in [0.25, 0.3) is 0 Å². The first-order valence-corrected chi connectivity index (χ1v) is 4.99. The fraction of sp³-hybridized carbons (Fsp3) is 0.800. The summed E-state index contributed by atoms with van der Waals surface area (Å²) in [6, 6.07) is -1.83. The molecule has 2 atom stereocenters. The van der Waals surface area contributed by atoms with E-state index in [9.17, 15) is 9.59 Å². The summed E-state index contributed by atoms with van der Waals surface area (Å²) in [7, 11) is 1.22. The van der Waals surface area contributed by atoms with Gasteiger partial charge in [0.2, 0.25) is 0 Å². The third-order valence-corrected chi connectivity index (χ3v) is 1.72. The van der Waals surface area contributed by atoms with Crippen LogP contribution < -0.4 is 11.5 Å². The van der Waals surface area contributed by atoms with E-state index in [1.54, 1.807) is 20.8 Å². The van der Waals surface area contributed by atoms with E-state index in [0.717, 1.165) is 0 Å². The van der Waals surface area contributed by atoms with Gasteiger partial charge in [-0.2, -0.15) is 0 Å². The SMILES string of the molecule is COC(=O)C(N)CC(N)C(=O)OC(C)(C)C. The fourth-order valence-electron chi connectivity index (χ4n) is 0.995. The smallest absolute Gasteiger partial charge is 0.323 e. The second kappa shape index (κ2) is 5.81. The molecule has 0 heterocycles. The Morgan fingerprint density at radius 1 is 1.12 bits per heavy atom. The fourth-order valence-corrected chi connectivity index (χ4v) is 0.995. The van der Waals surface area contributed by atoms with Crippen LogP contribution in [0, 0.1) is 0 Å². The largest absolute Gasteiger partial charge is 0.468 e. The molecule has 0 bridgehead atoms. The zero-order chi connectivity index (χ0) is 12.9. The molecule has 94 valence electrons. The molecule has 0 fully saturated rings. The van der Waals surface area contributed by atoms with Gasteiger partial charge >= 0.3 is 11.9 Å². The van der Waals surface area contributed by atoms with Gasteiger partial charge in [-0.05, 0) is 27.2 Å². The number of carbonyl (C=O) groups is 2. The summed E-state index contributed by atoms with van der Waals surface area (Å²) < 4.78 is 9.46. The number of hydrogen-bond acceptors (Lipinski definition) is 6. The highest BCUT2D eigenvalue weighted by molar-refractivity contribution is 5.79. The van der Waals surface area contributed by atoms with Crippen LogP contribution in [0.15, 0.2) is 0 Å². The molecule has 16 heavy (non-hydrogen) atoms. The van der Waals surface area contributed by atoms with Crippen LogP contribution in [0.1, 0.15) is 27.2 Å². The monoisotopic (exact) mass is 232 g/mol. The molecule has 0 aliphatic carbocycles. The van der Waals surface area contributed by atoms with E-state index in [-0.39, 0.29) is 6.42 Å². The highest BCUT2D eigenvalue weighted by Crippen LogP contribution is 2.09. The normalized spacial score (nSPS) is 15.1. The lowest BCUT2D eigenvalue weighted by atomic mass is 10.1. The summed E-state index contributed by atoms with van der Waals surface area (Å²) in [5, 5.41) is 0. The summed E-state index contributed by atoms with van der Waals surface area (Å²) >= 11 is 0. The van der Waals surface area contributed by atoms with Crippen molar-refractivity contribution in [3.63, 3.8) is 0 Å².